The summed E-state index contributed by atoms with van der Waals surface area (Å²) in [4.78, 5) is 11.2. The van der Waals surface area contributed by atoms with E-state index in [1.54, 1.807) is 7.11 Å². The zero-order valence-corrected chi connectivity index (χ0v) is 11.5. The first-order valence-electron chi connectivity index (χ1n) is 6.76. The second-order valence-corrected chi connectivity index (χ2v) is 4.82. The normalized spacial score (nSPS) is 21.6. The molecule has 1 aliphatic rings. The topological polar surface area (TPSA) is 47.6 Å². The minimum absolute atomic E-state index is 0.171. The highest BCUT2D eigenvalue weighted by atomic mass is 16.5. The Labute approximate surface area is 114 Å². The third kappa shape index (κ3) is 3.70. The van der Waals surface area contributed by atoms with E-state index < -0.39 is 0 Å². The van der Waals surface area contributed by atoms with Gasteiger partial charge in [0.05, 0.1) is 20.3 Å². The van der Waals surface area contributed by atoms with Crippen molar-refractivity contribution in [3.8, 4) is 5.75 Å². The van der Waals surface area contributed by atoms with Crippen molar-refractivity contribution >= 4 is 5.97 Å². The Balaban J connectivity index is 1.72. The van der Waals surface area contributed by atoms with Gasteiger partial charge in [-0.05, 0) is 43.4 Å². The van der Waals surface area contributed by atoms with Crippen molar-refractivity contribution in [1.29, 1.82) is 0 Å². The Hall–Kier alpha value is -1.55. The molecule has 1 aliphatic carbocycles. The number of hydrogen-bond donors (Lipinski definition) is 1. The molecule has 4 nitrogen and oxygen atoms in total. The Morgan fingerprint density at radius 2 is 2.00 bits per heavy atom. The largest absolute Gasteiger partial charge is 0.497 e. The van der Waals surface area contributed by atoms with Crippen LogP contribution in [0.15, 0.2) is 24.3 Å². The predicted molar refractivity (Wildman–Crippen MR) is 73.4 cm³/mol. The first kappa shape index (κ1) is 13.9. The number of carbonyl (C=O) groups is 1. The van der Waals surface area contributed by atoms with E-state index in [0.717, 1.165) is 18.6 Å². The second-order valence-electron chi connectivity index (χ2n) is 4.82. The highest BCUT2D eigenvalue weighted by molar-refractivity contribution is 5.71. The maximum Gasteiger partial charge on any atom is 0.319 e. The molecule has 0 aliphatic heterocycles. The zero-order chi connectivity index (χ0) is 13.7. The van der Waals surface area contributed by atoms with Crippen molar-refractivity contribution in [3.63, 3.8) is 0 Å². The number of carbonyl (C=O) groups excluding carboxylic acids is 1. The van der Waals surface area contributed by atoms with Gasteiger partial charge in [0.25, 0.3) is 0 Å². The maximum atomic E-state index is 11.2. The van der Waals surface area contributed by atoms with Crippen LogP contribution in [0.2, 0.25) is 0 Å². The molecule has 0 radical (unpaired) electrons. The Morgan fingerprint density at radius 3 is 2.58 bits per heavy atom. The van der Waals surface area contributed by atoms with Gasteiger partial charge in [0.15, 0.2) is 0 Å². The van der Waals surface area contributed by atoms with E-state index in [0.29, 0.717) is 25.1 Å². The van der Waals surface area contributed by atoms with Gasteiger partial charge in [0.1, 0.15) is 5.75 Å². The van der Waals surface area contributed by atoms with Crippen molar-refractivity contribution in [1.82, 2.24) is 5.32 Å². The van der Waals surface area contributed by atoms with Crippen LogP contribution in [-0.2, 0) is 9.53 Å². The molecule has 0 amide bonds. The number of nitrogens with one attached hydrogen (secondary N) is 1. The fourth-order valence-electron chi connectivity index (χ4n) is 2.37. The van der Waals surface area contributed by atoms with Crippen LogP contribution < -0.4 is 10.1 Å². The van der Waals surface area contributed by atoms with Crippen LogP contribution in [-0.4, -0.2) is 32.3 Å². The lowest BCUT2D eigenvalue weighted by Gasteiger charge is -2.36. The van der Waals surface area contributed by atoms with Crippen molar-refractivity contribution in [2.45, 2.75) is 31.7 Å². The van der Waals surface area contributed by atoms with Crippen LogP contribution in [0, 0.1) is 0 Å². The van der Waals surface area contributed by atoms with E-state index in [1.807, 2.05) is 19.1 Å². The van der Waals surface area contributed by atoms with Gasteiger partial charge in [-0.3, -0.25) is 4.79 Å². The lowest BCUT2D eigenvalue weighted by atomic mass is 9.76. The molecule has 1 N–H and O–H groups in total. The van der Waals surface area contributed by atoms with Gasteiger partial charge >= 0.3 is 5.97 Å². The molecule has 0 bridgehead atoms. The molecule has 1 fully saturated rings. The summed E-state index contributed by atoms with van der Waals surface area (Å²) in [6.45, 7) is 2.58. The summed E-state index contributed by atoms with van der Waals surface area (Å²) in [6.07, 6.45) is 2.15. The number of esters is 1. The lowest BCUT2D eigenvalue weighted by molar-refractivity contribution is -0.142. The highest BCUT2D eigenvalue weighted by Gasteiger charge is 2.30. The summed E-state index contributed by atoms with van der Waals surface area (Å²) >= 11 is 0. The van der Waals surface area contributed by atoms with E-state index in [4.69, 9.17) is 9.47 Å². The Morgan fingerprint density at radius 1 is 1.32 bits per heavy atom. The molecule has 19 heavy (non-hydrogen) atoms. The van der Waals surface area contributed by atoms with Crippen molar-refractivity contribution in [2.75, 3.05) is 20.3 Å². The van der Waals surface area contributed by atoms with Gasteiger partial charge < -0.3 is 14.8 Å². The molecule has 2 rings (SSSR count). The average molecular weight is 263 g/mol. The number of rotatable bonds is 6. The van der Waals surface area contributed by atoms with Crippen molar-refractivity contribution in [2.24, 2.45) is 0 Å². The van der Waals surface area contributed by atoms with E-state index in [2.05, 4.69) is 17.4 Å². The second kappa shape index (κ2) is 6.57. The van der Waals surface area contributed by atoms with E-state index in [1.165, 1.54) is 5.56 Å². The molecule has 1 aromatic carbocycles. The SMILES string of the molecule is CCOC(=O)CNC1CC(c2ccc(OC)cc2)C1. The minimum Gasteiger partial charge on any atom is -0.497 e. The zero-order valence-electron chi connectivity index (χ0n) is 11.5. The van der Waals surface area contributed by atoms with Crippen molar-refractivity contribution in [3.05, 3.63) is 29.8 Å². The summed E-state index contributed by atoms with van der Waals surface area (Å²) in [5.74, 6) is 1.31. The highest BCUT2D eigenvalue weighted by Crippen LogP contribution is 2.37. The summed E-state index contributed by atoms with van der Waals surface area (Å²) in [5.41, 5.74) is 1.34. The smallest absolute Gasteiger partial charge is 0.319 e. The van der Waals surface area contributed by atoms with Crippen LogP contribution in [0.25, 0.3) is 0 Å². The van der Waals surface area contributed by atoms with Gasteiger partial charge in [-0.25, -0.2) is 0 Å². The quantitative estimate of drug-likeness (QED) is 0.798. The van der Waals surface area contributed by atoms with Gasteiger partial charge in [-0.2, -0.15) is 0 Å². The summed E-state index contributed by atoms with van der Waals surface area (Å²) < 4.78 is 10.0. The summed E-state index contributed by atoms with van der Waals surface area (Å²) in [7, 11) is 1.67. The molecule has 104 valence electrons. The lowest BCUT2D eigenvalue weighted by Crippen LogP contribution is -2.42. The monoisotopic (exact) mass is 263 g/mol. The van der Waals surface area contributed by atoms with E-state index in [-0.39, 0.29) is 5.97 Å². The summed E-state index contributed by atoms with van der Waals surface area (Å²) in [6, 6.07) is 8.65. The van der Waals surface area contributed by atoms with Crippen LogP contribution in [0.4, 0.5) is 0 Å². The Kier molecular flexibility index (Phi) is 4.80. The molecule has 0 saturated heterocycles. The summed E-state index contributed by atoms with van der Waals surface area (Å²) in [5, 5.41) is 3.23. The predicted octanol–water partition coefficient (Wildman–Crippen LogP) is 2.09. The Bertz CT molecular complexity index is 410. The molecule has 1 aromatic rings. The van der Waals surface area contributed by atoms with Crippen LogP contribution in [0.3, 0.4) is 0 Å². The molecule has 0 unspecified atom stereocenters. The van der Waals surface area contributed by atoms with Crippen molar-refractivity contribution < 1.29 is 14.3 Å². The van der Waals surface area contributed by atoms with Crippen LogP contribution in [0.5, 0.6) is 5.75 Å². The van der Waals surface area contributed by atoms with Gasteiger partial charge in [-0.1, -0.05) is 12.1 Å². The van der Waals surface area contributed by atoms with Crippen LogP contribution in [0.1, 0.15) is 31.2 Å². The fraction of sp³-hybridized carbons (Fsp3) is 0.533. The number of benzene rings is 1. The number of ether oxygens (including phenoxy) is 2. The third-order valence-electron chi connectivity index (χ3n) is 3.57. The minimum atomic E-state index is -0.171. The maximum absolute atomic E-state index is 11.2. The molecule has 0 aromatic heterocycles. The molecule has 0 heterocycles. The third-order valence-corrected chi connectivity index (χ3v) is 3.57. The first-order chi connectivity index (χ1) is 9.22. The van der Waals surface area contributed by atoms with Crippen LogP contribution >= 0.6 is 0 Å². The van der Waals surface area contributed by atoms with E-state index in [9.17, 15) is 4.79 Å². The number of methoxy groups -OCH3 is 1. The molecule has 0 spiro atoms. The van der Waals surface area contributed by atoms with Gasteiger partial charge in [-0.15, -0.1) is 0 Å². The molecule has 4 heteroatoms. The molecular formula is C15H21NO3. The molecular weight excluding hydrogens is 242 g/mol. The molecule has 1 saturated carbocycles. The standard InChI is InChI=1S/C15H21NO3/c1-3-19-15(17)10-16-13-8-12(9-13)11-4-6-14(18-2)7-5-11/h4-7,12-13,16H,3,8-10H2,1-2H3. The average Bonchev–Trinajstić information content (AvgIpc) is 2.38. The van der Waals surface area contributed by atoms with Gasteiger partial charge in [0, 0.05) is 6.04 Å². The number of hydrogen-bond acceptors (Lipinski definition) is 4. The first-order valence-corrected chi connectivity index (χ1v) is 6.76. The van der Waals surface area contributed by atoms with E-state index >= 15 is 0 Å². The fourth-order valence-corrected chi connectivity index (χ4v) is 2.37. The van der Waals surface area contributed by atoms with Gasteiger partial charge in [0.2, 0.25) is 0 Å². The molecule has 0 atom stereocenters.